The number of hydrogen-bond donors (Lipinski definition) is 0. The molecule has 2 nitrogen and oxygen atoms in total. The van der Waals surface area contributed by atoms with Crippen molar-refractivity contribution in [2.24, 2.45) is 0 Å². The van der Waals surface area contributed by atoms with E-state index in [0.29, 0.717) is 18.6 Å². The second-order valence-electron chi connectivity index (χ2n) is 6.79. The van der Waals surface area contributed by atoms with Crippen LogP contribution >= 0.6 is 0 Å². The number of Topliss-reactive ketones (excluding diaryl/α,β-unsaturated/α-hetero) is 1. The Kier molecular flexibility index (Phi) is 4.43. The summed E-state index contributed by atoms with van der Waals surface area (Å²) in [5, 5.41) is 0. The third kappa shape index (κ3) is 3.25. The van der Waals surface area contributed by atoms with Crippen molar-refractivity contribution in [1.29, 1.82) is 0 Å². The van der Waals surface area contributed by atoms with E-state index in [-0.39, 0.29) is 17.8 Å². The van der Waals surface area contributed by atoms with Gasteiger partial charge in [0.2, 0.25) is 0 Å². The summed E-state index contributed by atoms with van der Waals surface area (Å²) in [4.78, 5) is 16.8. The molecule has 124 valence electrons. The van der Waals surface area contributed by atoms with Gasteiger partial charge in [0.05, 0.1) is 0 Å². The van der Waals surface area contributed by atoms with Crippen LogP contribution in [0.3, 0.4) is 0 Å². The topological polar surface area (TPSA) is 30.0 Å². The van der Waals surface area contributed by atoms with Crippen LogP contribution in [0, 0.1) is 0 Å². The average molecular weight is 327 g/mol. The second-order valence-corrected chi connectivity index (χ2v) is 6.79. The molecule has 0 bridgehead atoms. The molecule has 2 unspecified atom stereocenters. The zero-order valence-electron chi connectivity index (χ0n) is 14.1. The largest absolute Gasteiger partial charge is 0.300 e. The van der Waals surface area contributed by atoms with Crippen molar-refractivity contribution in [3.8, 4) is 0 Å². The Morgan fingerprint density at radius 2 is 1.12 bits per heavy atom. The summed E-state index contributed by atoms with van der Waals surface area (Å²) in [5.74, 6) is 1.05. The van der Waals surface area contributed by atoms with Gasteiger partial charge in [0.1, 0.15) is 5.78 Å². The number of rotatable bonds is 3. The summed E-state index contributed by atoms with van der Waals surface area (Å²) in [7, 11) is 0. The van der Waals surface area contributed by atoms with Gasteiger partial charge in [-0.05, 0) is 46.6 Å². The molecule has 0 radical (unpaired) electrons. The van der Waals surface area contributed by atoms with E-state index >= 15 is 0 Å². The molecule has 1 fully saturated rings. The van der Waals surface area contributed by atoms with E-state index in [1.807, 2.05) is 24.5 Å². The highest BCUT2D eigenvalue weighted by Crippen LogP contribution is 2.50. The molecule has 2 atom stereocenters. The van der Waals surface area contributed by atoms with E-state index < -0.39 is 0 Å². The number of hydrogen-bond acceptors (Lipinski definition) is 2. The van der Waals surface area contributed by atoms with Gasteiger partial charge < -0.3 is 0 Å². The van der Waals surface area contributed by atoms with Crippen LogP contribution in [0.25, 0.3) is 0 Å². The van der Waals surface area contributed by atoms with E-state index in [0.717, 1.165) is 0 Å². The van der Waals surface area contributed by atoms with Gasteiger partial charge in [-0.2, -0.15) is 0 Å². The van der Waals surface area contributed by atoms with Crippen molar-refractivity contribution in [3.05, 3.63) is 102 Å². The van der Waals surface area contributed by atoms with Gasteiger partial charge in [0.25, 0.3) is 0 Å². The second kappa shape index (κ2) is 7.02. The predicted molar refractivity (Wildman–Crippen MR) is 99.6 cm³/mol. The number of pyridine rings is 1. The van der Waals surface area contributed by atoms with Crippen molar-refractivity contribution in [1.82, 2.24) is 4.98 Å². The molecule has 0 saturated heterocycles. The van der Waals surface area contributed by atoms with Gasteiger partial charge in [-0.1, -0.05) is 60.7 Å². The number of ketones is 1. The summed E-state index contributed by atoms with van der Waals surface area (Å²) in [6.07, 6.45) is 4.94. The number of carbonyl (C=O) groups excluding carboxylic acids is 1. The highest BCUT2D eigenvalue weighted by Gasteiger charge is 2.39. The van der Waals surface area contributed by atoms with Gasteiger partial charge in [-0.25, -0.2) is 0 Å². The van der Waals surface area contributed by atoms with Crippen molar-refractivity contribution >= 4 is 5.78 Å². The van der Waals surface area contributed by atoms with Crippen LogP contribution in [-0.2, 0) is 4.79 Å². The zero-order chi connectivity index (χ0) is 17.1. The Balaban J connectivity index is 1.83. The summed E-state index contributed by atoms with van der Waals surface area (Å²) in [6.45, 7) is 0. The first-order valence-corrected chi connectivity index (χ1v) is 8.84. The summed E-state index contributed by atoms with van der Waals surface area (Å²) < 4.78 is 0. The fourth-order valence-corrected chi connectivity index (χ4v) is 4.21. The molecule has 2 aromatic carbocycles. The molecule has 2 heteroatoms. The lowest BCUT2D eigenvalue weighted by molar-refractivity contribution is -0.121. The fraction of sp³-hybridized carbons (Fsp3) is 0.217. The molecular formula is C23H21NO. The molecule has 1 aromatic heterocycles. The lowest BCUT2D eigenvalue weighted by atomic mass is 9.64. The first kappa shape index (κ1) is 15.8. The maximum Gasteiger partial charge on any atom is 0.134 e. The molecule has 1 aliphatic carbocycles. The van der Waals surface area contributed by atoms with Crippen LogP contribution in [0.1, 0.15) is 47.3 Å². The number of aromatic nitrogens is 1. The molecule has 4 rings (SSSR count). The Morgan fingerprint density at radius 3 is 1.60 bits per heavy atom. The number of carbonyl (C=O) groups is 1. The Bertz CT molecular complexity index is 778. The minimum absolute atomic E-state index is 0.204. The third-order valence-corrected chi connectivity index (χ3v) is 5.31. The Labute approximate surface area is 148 Å². The molecule has 1 heterocycles. The van der Waals surface area contributed by atoms with E-state index in [1.54, 1.807) is 0 Å². The smallest absolute Gasteiger partial charge is 0.134 e. The van der Waals surface area contributed by atoms with Crippen LogP contribution in [0.4, 0.5) is 0 Å². The molecule has 25 heavy (non-hydrogen) atoms. The summed E-state index contributed by atoms with van der Waals surface area (Å²) in [5.41, 5.74) is 3.77. The van der Waals surface area contributed by atoms with Crippen LogP contribution in [0.15, 0.2) is 85.2 Å². The van der Waals surface area contributed by atoms with E-state index in [9.17, 15) is 4.79 Å². The Morgan fingerprint density at radius 1 is 0.640 bits per heavy atom. The van der Waals surface area contributed by atoms with Gasteiger partial charge >= 0.3 is 0 Å². The van der Waals surface area contributed by atoms with Gasteiger partial charge in [-0.15, -0.1) is 0 Å². The van der Waals surface area contributed by atoms with Crippen molar-refractivity contribution in [2.75, 3.05) is 0 Å². The molecule has 0 spiro atoms. The first-order valence-electron chi connectivity index (χ1n) is 8.84. The quantitative estimate of drug-likeness (QED) is 0.670. The van der Waals surface area contributed by atoms with Crippen LogP contribution < -0.4 is 0 Å². The number of benzene rings is 2. The average Bonchev–Trinajstić information content (AvgIpc) is 2.69. The SMILES string of the molecule is O=C1CC(c2ccccc2)C(c2ccncc2)C(c2ccccc2)C1. The van der Waals surface area contributed by atoms with E-state index in [2.05, 4.69) is 65.6 Å². The summed E-state index contributed by atoms with van der Waals surface area (Å²) >= 11 is 0. The van der Waals surface area contributed by atoms with E-state index in [4.69, 9.17) is 0 Å². The van der Waals surface area contributed by atoms with Crippen molar-refractivity contribution in [3.63, 3.8) is 0 Å². The molecule has 0 aliphatic heterocycles. The van der Waals surface area contributed by atoms with Crippen LogP contribution in [0.2, 0.25) is 0 Å². The Hall–Kier alpha value is -2.74. The maximum atomic E-state index is 12.6. The molecule has 1 saturated carbocycles. The minimum Gasteiger partial charge on any atom is -0.300 e. The van der Waals surface area contributed by atoms with Gasteiger partial charge in [0.15, 0.2) is 0 Å². The molecular weight excluding hydrogens is 306 g/mol. The first-order chi connectivity index (χ1) is 12.3. The zero-order valence-corrected chi connectivity index (χ0v) is 14.1. The predicted octanol–water partition coefficient (Wildman–Crippen LogP) is 5.10. The number of nitrogens with zero attached hydrogens (tertiary/aromatic N) is 1. The van der Waals surface area contributed by atoms with Gasteiger partial charge in [0, 0.05) is 25.2 Å². The summed E-state index contributed by atoms with van der Waals surface area (Å²) in [6, 6.07) is 25.1. The van der Waals surface area contributed by atoms with Crippen LogP contribution in [-0.4, -0.2) is 10.8 Å². The molecule has 0 amide bonds. The minimum atomic E-state index is 0.204. The van der Waals surface area contributed by atoms with Crippen LogP contribution in [0.5, 0.6) is 0 Å². The normalized spacial score (nSPS) is 23.4. The molecule has 3 aromatic rings. The van der Waals surface area contributed by atoms with Crippen molar-refractivity contribution in [2.45, 2.75) is 30.6 Å². The third-order valence-electron chi connectivity index (χ3n) is 5.31. The highest BCUT2D eigenvalue weighted by molar-refractivity contribution is 5.82. The monoisotopic (exact) mass is 327 g/mol. The maximum absolute atomic E-state index is 12.6. The standard InChI is InChI=1S/C23H21NO/c25-20-15-21(17-7-3-1-4-8-17)23(19-11-13-24-14-12-19)22(16-20)18-9-5-2-6-10-18/h1-14,21-23H,15-16H2. The molecule has 0 N–H and O–H groups in total. The lowest BCUT2D eigenvalue weighted by Gasteiger charge is -2.38. The molecule has 1 aliphatic rings. The van der Waals surface area contributed by atoms with E-state index in [1.165, 1.54) is 16.7 Å². The highest BCUT2D eigenvalue weighted by atomic mass is 16.1. The van der Waals surface area contributed by atoms with Crippen molar-refractivity contribution < 1.29 is 4.79 Å². The fourth-order valence-electron chi connectivity index (χ4n) is 4.21. The van der Waals surface area contributed by atoms with Gasteiger partial charge in [-0.3, -0.25) is 9.78 Å². The lowest BCUT2D eigenvalue weighted by Crippen LogP contribution is -2.29.